The summed E-state index contributed by atoms with van der Waals surface area (Å²) in [6.45, 7) is 13.3. The molecule has 3 heteroatoms. The fourth-order valence-corrected chi connectivity index (χ4v) is 3.53. The number of amides is 1. The second kappa shape index (κ2) is 9.22. The Balaban J connectivity index is 1.70. The quantitative estimate of drug-likeness (QED) is 0.791. The van der Waals surface area contributed by atoms with Gasteiger partial charge in [-0.2, -0.15) is 0 Å². The maximum absolute atomic E-state index is 12.2. The van der Waals surface area contributed by atoms with Gasteiger partial charge in [0.1, 0.15) is 0 Å². The molecule has 1 atom stereocenters. The highest BCUT2D eigenvalue weighted by Gasteiger charge is 2.23. The summed E-state index contributed by atoms with van der Waals surface area (Å²) in [6.07, 6.45) is 2.79. The molecular weight excluding hydrogens is 296 g/mol. The maximum Gasteiger partial charge on any atom is 0.224 e. The molecule has 1 heterocycles. The third kappa shape index (κ3) is 6.64. The molecule has 3 nitrogen and oxygen atoms in total. The molecule has 0 radical (unpaired) electrons. The van der Waals surface area contributed by atoms with Crippen LogP contribution in [0.5, 0.6) is 0 Å². The molecule has 1 aliphatic rings. The van der Waals surface area contributed by atoms with E-state index >= 15 is 0 Å². The van der Waals surface area contributed by atoms with E-state index in [9.17, 15) is 4.79 Å². The van der Waals surface area contributed by atoms with Crippen molar-refractivity contribution in [3.05, 3.63) is 35.4 Å². The molecule has 1 saturated heterocycles. The first-order chi connectivity index (χ1) is 11.4. The predicted octanol–water partition coefficient (Wildman–Crippen LogP) is 3.52. The Hall–Kier alpha value is -1.35. The van der Waals surface area contributed by atoms with Gasteiger partial charge in [0, 0.05) is 19.6 Å². The average molecular weight is 331 g/mol. The monoisotopic (exact) mass is 330 g/mol. The SMILES string of the molecule is CC(C)Cc1ccc(CC(=O)NC[C@H]2CCN(CC(C)C)C2)cc1. The summed E-state index contributed by atoms with van der Waals surface area (Å²) in [5, 5.41) is 3.13. The molecule has 0 aromatic heterocycles. The molecule has 134 valence electrons. The van der Waals surface area contributed by atoms with E-state index in [4.69, 9.17) is 0 Å². The fraction of sp³-hybridized carbons (Fsp3) is 0.667. The highest BCUT2D eigenvalue weighted by atomic mass is 16.1. The highest BCUT2D eigenvalue weighted by molar-refractivity contribution is 5.78. The minimum atomic E-state index is 0.147. The first-order valence-corrected chi connectivity index (χ1v) is 9.49. The topological polar surface area (TPSA) is 32.3 Å². The van der Waals surface area contributed by atoms with Crippen LogP contribution in [-0.2, 0) is 17.6 Å². The van der Waals surface area contributed by atoms with Crippen molar-refractivity contribution in [2.45, 2.75) is 47.0 Å². The molecule has 0 spiro atoms. The standard InChI is InChI=1S/C21H34N2O/c1-16(2)11-18-5-7-19(8-6-18)12-21(24)22-13-20-9-10-23(15-20)14-17(3)4/h5-8,16-17,20H,9-15H2,1-4H3,(H,22,24)/t20-/m1/s1. The van der Waals surface area contributed by atoms with Crippen molar-refractivity contribution in [2.75, 3.05) is 26.2 Å². The molecular formula is C21H34N2O. The van der Waals surface area contributed by atoms with E-state index in [2.05, 4.69) is 62.2 Å². The zero-order valence-electron chi connectivity index (χ0n) is 15.8. The zero-order chi connectivity index (χ0) is 17.5. The van der Waals surface area contributed by atoms with Crippen LogP contribution in [0, 0.1) is 17.8 Å². The van der Waals surface area contributed by atoms with E-state index in [1.165, 1.54) is 25.1 Å². The van der Waals surface area contributed by atoms with Crippen LogP contribution in [0.1, 0.15) is 45.2 Å². The Morgan fingerprint density at radius 1 is 1.12 bits per heavy atom. The lowest BCUT2D eigenvalue weighted by atomic mass is 10.0. The number of rotatable bonds is 8. The molecule has 1 N–H and O–H groups in total. The predicted molar refractivity (Wildman–Crippen MR) is 101 cm³/mol. The van der Waals surface area contributed by atoms with Crippen LogP contribution in [0.4, 0.5) is 0 Å². The van der Waals surface area contributed by atoms with Gasteiger partial charge in [-0.3, -0.25) is 4.79 Å². The lowest BCUT2D eigenvalue weighted by molar-refractivity contribution is -0.120. The number of nitrogens with zero attached hydrogens (tertiary/aromatic N) is 1. The van der Waals surface area contributed by atoms with Gasteiger partial charge in [0.15, 0.2) is 0 Å². The van der Waals surface area contributed by atoms with Crippen LogP contribution < -0.4 is 5.32 Å². The second-order valence-electron chi connectivity index (χ2n) is 8.20. The van der Waals surface area contributed by atoms with Gasteiger partial charge in [-0.1, -0.05) is 52.0 Å². The summed E-state index contributed by atoms with van der Waals surface area (Å²) >= 11 is 0. The Labute approximate surface area is 147 Å². The minimum Gasteiger partial charge on any atom is -0.355 e. The molecule has 1 aromatic carbocycles. The third-order valence-corrected chi connectivity index (χ3v) is 4.61. The first-order valence-electron chi connectivity index (χ1n) is 9.49. The average Bonchev–Trinajstić information content (AvgIpc) is 2.93. The van der Waals surface area contributed by atoms with Crippen molar-refractivity contribution in [1.29, 1.82) is 0 Å². The lowest BCUT2D eigenvalue weighted by Gasteiger charge is -2.18. The van der Waals surface area contributed by atoms with E-state index in [1.54, 1.807) is 0 Å². The maximum atomic E-state index is 12.2. The highest BCUT2D eigenvalue weighted by Crippen LogP contribution is 2.16. The third-order valence-electron chi connectivity index (χ3n) is 4.61. The molecule has 1 aromatic rings. The van der Waals surface area contributed by atoms with E-state index in [-0.39, 0.29) is 5.91 Å². The zero-order valence-corrected chi connectivity index (χ0v) is 15.8. The van der Waals surface area contributed by atoms with Gasteiger partial charge >= 0.3 is 0 Å². The van der Waals surface area contributed by atoms with Crippen LogP contribution in [0.2, 0.25) is 0 Å². The lowest BCUT2D eigenvalue weighted by Crippen LogP contribution is -2.32. The van der Waals surface area contributed by atoms with Crippen molar-refractivity contribution in [2.24, 2.45) is 17.8 Å². The number of carbonyl (C=O) groups excluding carboxylic acids is 1. The molecule has 2 rings (SSSR count). The van der Waals surface area contributed by atoms with Gasteiger partial charge in [-0.25, -0.2) is 0 Å². The van der Waals surface area contributed by atoms with Gasteiger partial charge in [0.2, 0.25) is 5.91 Å². The van der Waals surface area contributed by atoms with Crippen molar-refractivity contribution in [3.8, 4) is 0 Å². The first kappa shape index (κ1) is 19.0. The number of hydrogen-bond acceptors (Lipinski definition) is 2. The van der Waals surface area contributed by atoms with Crippen LogP contribution in [-0.4, -0.2) is 37.0 Å². The summed E-state index contributed by atoms with van der Waals surface area (Å²) in [5.41, 5.74) is 2.46. The van der Waals surface area contributed by atoms with E-state index in [1.807, 2.05) is 0 Å². The summed E-state index contributed by atoms with van der Waals surface area (Å²) in [4.78, 5) is 14.7. The van der Waals surface area contributed by atoms with Gasteiger partial charge in [-0.05, 0) is 48.3 Å². The number of benzene rings is 1. The Morgan fingerprint density at radius 2 is 1.79 bits per heavy atom. The van der Waals surface area contributed by atoms with Crippen LogP contribution in [0.25, 0.3) is 0 Å². The molecule has 0 saturated carbocycles. The molecule has 0 unspecified atom stereocenters. The summed E-state index contributed by atoms with van der Waals surface area (Å²) < 4.78 is 0. The summed E-state index contributed by atoms with van der Waals surface area (Å²) in [5.74, 6) is 2.15. The molecule has 1 fully saturated rings. The number of hydrogen-bond donors (Lipinski definition) is 1. The molecule has 1 aliphatic heterocycles. The number of nitrogens with one attached hydrogen (secondary N) is 1. The summed E-state index contributed by atoms with van der Waals surface area (Å²) in [6, 6.07) is 8.50. The van der Waals surface area contributed by atoms with Crippen LogP contribution in [0.3, 0.4) is 0 Å². The minimum absolute atomic E-state index is 0.147. The Kier molecular flexibility index (Phi) is 7.29. The smallest absolute Gasteiger partial charge is 0.224 e. The van der Waals surface area contributed by atoms with Crippen LogP contribution >= 0.6 is 0 Å². The fourth-order valence-electron chi connectivity index (χ4n) is 3.53. The molecule has 1 amide bonds. The Bertz CT molecular complexity index is 507. The van der Waals surface area contributed by atoms with Crippen LogP contribution in [0.15, 0.2) is 24.3 Å². The molecule has 24 heavy (non-hydrogen) atoms. The van der Waals surface area contributed by atoms with E-state index in [0.29, 0.717) is 18.3 Å². The van der Waals surface area contributed by atoms with Gasteiger partial charge in [-0.15, -0.1) is 0 Å². The van der Waals surface area contributed by atoms with E-state index < -0.39 is 0 Å². The largest absolute Gasteiger partial charge is 0.355 e. The van der Waals surface area contributed by atoms with Gasteiger partial charge in [0.05, 0.1) is 6.42 Å². The van der Waals surface area contributed by atoms with E-state index in [0.717, 1.165) is 31.0 Å². The number of carbonyl (C=O) groups is 1. The second-order valence-corrected chi connectivity index (χ2v) is 8.20. The summed E-state index contributed by atoms with van der Waals surface area (Å²) in [7, 11) is 0. The van der Waals surface area contributed by atoms with Gasteiger partial charge in [0.25, 0.3) is 0 Å². The Morgan fingerprint density at radius 3 is 2.42 bits per heavy atom. The van der Waals surface area contributed by atoms with Crippen molar-refractivity contribution >= 4 is 5.91 Å². The normalized spacial score (nSPS) is 18.5. The molecule has 0 bridgehead atoms. The van der Waals surface area contributed by atoms with Crippen molar-refractivity contribution in [1.82, 2.24) is 10.2 Å². The van der Waals surface area contributed by atoms with Crippen molar-refractivity contribution in [3.63, 3.8) is 0 Å². The molecule has 0 aliphatic carbocycles. The van der Waals surface area contributed by atoms with Crippen molar-refractivity contribution < 1.29 is 4.79 Å². The van der Waals surface area contributed by atoms with Gasteiger partial charge < -0.3 is 10.2 Å². The number of likely N-dealkylation sites (tertiary alicyclic amines) is 1.